The molecule has 128 valence electrons. The van der Waals surface area contributed by atoms with Gasteiger partial charge in [0.25, 0.3) is 11.5 Å². The van der Waals surface area contributed by atoms with Crippen LogP contribution in [0.3, 0.4) is 0 Å². The second kappa shape index (κ2) is 7.13. The number of nitrogens with zero attached hydrogens (tertiary/aromatic N) is 2. The Morgan fingerprint density at radius 3 is 2.36 bits per heavy atom. The first kappa shape index (κ1) is 17.3. The van der Waals surface area contributed by atoms with Crippen molar-refractivity contribution in [3.8, 4) is 0 Å². The SMILES string of the molecule is CN(C)Sc1ccc(N(C)C(=O)c2cc3ccccc3[nH]c2=O)cc1. The van der Waals surface area contributed by atoms with Gasteiger partial charge in [-0.1, -0.05) is 18.2 Å². The molecule has 0 bridgehead atoms. The second-order valence-corrected chi connectivity index (χ2v) is 7.25. The summed E-state index contributed by atoms with van der Waals surface area (Å²) in [7, 11) is 5.62. The molecule has 0 atom stereocenters. The van der Waals surface area contributed by atoms with E-state index >= 15 is 0 Å². The Labute approximate surface area is 150 Å². The number of carbonyl (C=O) groups excluding carboxylic acids is 1. The molecule has 1 heterocycles. The quantitative estimate of drug-likeness (QED) is 0.731. The van der Waals surface area contributed by atoms with Crippen LogP contribution in [0.25, 0.3) is 10.9 Å². The first-order chi connectivity index (χ1) is 12.0. The molecule has 1 N–H and O–H groups in total. The number of amides is 1. The van der Waals surface area contributed by atoms with Gasteiger partial charge in [0, 0.05) is 23.1 Å². The largest absolute Gasteiger partial charge is 0.321 e. The summed E-state index contributed by atoms with van der Waals surface area (Å²) in [5.74, 6) is -0.333. The molecule has 0 fully saturated rings. The van der Waals surface area contributed by atoms with Crippen LogP contribution in [0.5, 0.6) is 0 Å². The Bertz CT molecular complexity index is 964. The predicted octanol–water partition coefficient (Wildman–Crippen LogP) is 3.37. The van der Waals surface area contributed by atoms with Crippen LogP contribution in [-0.4, -0.2) is 36.3 Å². The predicted molar refractivity (Wildman–Crippen MR) is 103 cm³/mol. The molecule has 0 saturated carbocycles. The van der Waals surface area contributed by atoms with Gasteiger partial charge in [-0.25, -0.2) is 0 Å². The molecule has 1 aromatic heterocycles. The van der Waals surface area contributed by atoms with Gasteiger partial charge in [-0.2, -0.15) is 0 Å². The number of benzene rings is 2. The number of carbonyl (C=O) groups is 1. The highest BCUT2D eigenvalue weighted by Crippen LogP contribution is 2.23. The number of aromatic nitrogens is 1. The van der Waals surface area contributed by atoms with Crippen LogP contribution in [0.2, 0.25) is 0 Å². The first-order valence-electron chi connectivity index (χ1n) is 7.81. The summed E-state index contributed by atoms with van der Waals surface area (Å²) >= 11 is 1.60. The summed E-state index contributed by atoms with van der Waals surface area (Å²) in [6, 6.07) is 16.7. The van der Waals surface area contributed by atoms with E-state index in [1.807, 2.05) is 66.9 Å². The Morgan fingerprint density at radius 1 is 1.00 bits per heavy atom. The van der Waals surface area contributed by atoms with Crippen LogP contribution in [0, 0.1) is 0 Å². The van der Waals surface area contributed by atoms with E-state index < -0.39 is 0 Å². The maximum absolute atomic E-state index is 12.8. The number of aromatic amines is 1. The van der Waals surface area contributed by atoms with Crippen molar-refractivity contribution >= 4 is 34.4 Å². The fourth-order valence-corrected chi connectivity index (χ4v) is 3.23. The van der Waals surface area contributed by atoms with E-state index in [9.17, 15) is 9.59 Å². The van der Waals surface area contributed by atoms with Gasteiger partial charge in [0.2, 0.25) is 0 Å². The normalized spacial score (nSPS) is 11.0. The third kappa shape index (κ3) is 3.75. The van der Waals surface area contributed by atoms with Gasteiger partial charge in [0.1, 0.15) is 5.56 Å². The molecule has 0 saturated heterocycles. The van der Waals surface area contributed by atoms with Crippen molar-refractivity contribution in [3.63, 3.8) is 0 Å². The Morgan fingerprint density at radius 2 is 1.68 bits per heavy atom. The molecule has 25 heavy (non-hydrogen) atoms. The fourth-order valence-electron chi connectivity index (χ4n) is 2.55. The van der Waals surface area contributed by atoms with E-state index in [-0.39, 0.29) is 17.0 Å². The van der Waals surface area contributed by atoms with Gasteiger partial charge in [-0.15, -0.1) is 0 Å². The molecule has 3 rings (SSSR count). The smallest absolute Gasteiger partial charge is 0.263 e. The average molecular weight is 353 g/mol. The third-order valence-electron chi connectivity index (χ3n) is 3.80. The molecule has 0 aliphatic rings. The number of nitrogens with one attached hydrogen (secondary N) is 1. The standard InChI is InChI=1S/C19H19N3O2S/c1-21(2)25-15-10-8-14(9-11-15)22(3)19(24)16-12-13-6-4-5-7-17(13)20-18(16)23/h4-12H,1-3H3,(H,20,23). The number of anilines is 1. The van der Waals surface area contributed by atoms with Gasteiger partial charge in [0.15, 0.2) is 0 Å². The lowest BCUT2D eigenvalue weighted by molar-refractivity contribution is 0.0991. The van der Waals surface area contributed by atoms with Crippen molar-refractivity contribution in [1.82, 2.24) is 9.29 Å². The number of hydrogen-bond donors (Lipinski definition) is 1. The molecule has 0 aliphatic heterocycles. The number of fused-ring (bicyclic) bond motifs is 1. The minimum Gasteiger partial charge on any atom is -0.321 e. The maximum Gasteiger partial charge on any atom is 0.263 e. The fraction of sp³-hybridized carbons (Fsp3) is 0.158. The van der Waals surface area contributed by atoms with E-state index in [2.05, 4.69) is 4.98 Å². The summed E-state index contributed by atoms with van der Waals surface area (Å²) in [4.78, 5) is 30.4. The number of rotatable bonds is 4. The van der Waals surface area contributed by atoms with E-state index in [0.29, 0.717) is 0 Å². The van der Waals surface area contributed by atoms with E-state index in [1.165, 1.54) is 4.90 Å². The molecule has 2 aromatic carbocycles. The summed E-state index contributed by atoms with van der Waals surface area (Å²) in [5, 5.41) is 0.830. The Kier molecular flexibility index (Phi) is 4.92. The van der Waals surface area contributed by atoms with Crippen LogP contribution < -0.4 is 10.5 Å². The molecule has 0 spiro atoms. The summed E-state index contributed by atoms with van der Waals surface area (Å²) in [6.07, 6.45) is 0. The Balaban J connectivity index is 1.89. The average Bonchev–Trinajstić information content (AvgIpc) is 2.60. The molecule has 1 amide bonds. The zero-order valence-corrected chi connectivity index (χ0v) is 15.1. The van der Waals surface area contributed by atoms with Crippen molar-refractivity contribution in [2.24, 2.45) is 0 Å². The number of pyridine rings is 1. The zero-order valence-electron chi connectivity index (χ0n) is 14.3. The monoisotopic (exact) mass is 353 g/mol. The lowest BCUT2D eigenvalue weighted by Crippen LogP contribution is -2.31. The van der Waals surface area contributed by atoms with Gasteiger partial charge in [-0.3, -0.25) is 13.9 Å². The molecule has 0 aliphatic carbocycles. The minimum absolute atomic E-state index is 0.132. The highest BCUT2D eigenvalue weighted by Gasteiger charge is 2.17. The van der Waals surface area contributed by atoms with Crippen molar-refractivity contribution in [2.45, 2.75) is 4.90 Å². The van der Waals surface area contributed by atoms with E-state index in [4.69, 9.17) is 0 Å². The highest BCUT2D eigenvalue weighted by atomic mass is 32.2. The van der Waals surface area contributed by atoms with Gasteiger partial charge < -0.3 is 9.88 Å². The van der Waals surface area contributed by atoms with Crippen molar-refractivity contribution < 1.29 is 4.79 Å². The zero-order chi connectivity index (χ0) is 18.0. The van der Waals surface area contributed by atoms with Crippen LogP contribution in [0.4, 0.5) is 5.69 Å². The number of H-pyrrole nitrogens is 1. The van der Waals surface area contributed by atoms with Gasteiger partial charge in [0.05, 0.1) is 0 Å². The molecular formula is C19H19N3O2S. The lowest BCUT2D eigenvalue weighted by Gasteiger charge is -2.18. The summed E-state index contributed by atoms with van der Waals surface area (Å²) in [6.45, 7) is 0. The van der Waals surface area contributed by atoms with Crippen molar-refractivity contribution in [1.29, 1.82) is 0 Å². The number of hydrogen-bond acceptors (Lipinski definition) is 4. The van der Waals surface area contributed by atoms with Gasteiger partial charge >= 0.3 is 0 Å². The second-order valence-electron chi connectivity index (χ2n) is 5.86. The van der Waals surface area contributed by atoms with Crippen LogP contribution in [-0.2, 0) is 0 Å². The first-order valence-corrected chi connectivity index (χ1v) is 8.58. The lowest BCUT2D eigenvalue weighted by atomic mass is 10.1. The van der Waals surface area contributed by atoms with Crippen LogP contribution >= 0.6 is 11.9 Å². The summed E-state index contributed by atoms with van der Waals surface area (Å²) < 4.78 is 2.00. The third-order valence-corrected chi connectivity index (χ3v) is 4.65. The van der Waals surface area contributed by atoms with E-state index in [1.54, 1.807) is 25.1 Å². The minimum atomic E-state index is -0.379. The van der Waals surface area contributed by atoms with E-state index in [0.717, 1.165) is 21.5 Å². The molecule has 0 unspecified atom stereocenters. The maximum atomic E-state index is 12.8. The van der Waals surface area contributed by atoms with Crippen molar-refractivity contribution in [3.05, 3.63) is 70.5 Å². The topological polar surface area (TPSA) is 56.4 Å². The molecule has 0 radical (unpaired) electrons. The van der Waals surface area contributed by atoms with Gasteiger partial charge in [-0.05, 0) is 67.8 Å². The van der Waals surface area contributed by atoms with Crippen LogP contribution in [0.15, 0.2) is 64.3 Å². The number of para-hydroxylation sites is 1. The van der Waals surface area contributed by atoms with Crippen LogP contribution in [0.1, 0.15) is 10.4 Å². The highest BCUT2D eigenvalue weighted by molar-refractivity contribution is 7.97. The molecule has 3 aromatic rings. The van der Waals surface area contributed by atoms with Crippen molar-refractivity contribution in [2.75, 3.05) is 26.0 Å². The molecular weight excluding hydrogens is 334 g/mol. The Hall–Kier alpha value is -2.57. The molecule has 5 nitrogen and oxygen atoms in total. The molecule has 6 heteroatoms. The summed E-state index contributed by atoms with van der Waals surface area (Å²) in [5.41, 5.74) is 1.21.